The number of hydrogen-bond donors (Lipinski definition) is 1. The molecule has 19 heavy (non-hydrogen) atoms. The number of anilines is 1. The van der Waals surface area contributed by atoms with Crippen LogP contribution in [0, 0.1) is 10.1 Å². The first kappa shape index (κ1) is 12.7. The van der Waals surface area contributed by atoms with Crippen LogP contribution in [0.3, 0.4) is 0 Å². The quantitative estimate of drug-likeness (QED) is 0.659. The van der Waals surface area contributed by atoms with E-state index in [1.807, 2.05) is 6.07 Å². The molecule has 1 N–H and O–H groups in total. The van der Waals surface area contributed by atoms with Gasteiger partial charge in [-0.25, -0.2) is 4.98 Å². The highest BCUT2D eigenvalue weighted by atomic mass is 16.6. The van der Waals surface area contributed by atoms with E-state index in [-0.39, 0.29) is 6.54 Å². The van der Waals surface area contributed by atoms with E-state index in [1.54, 1.807) is 19.3 Å². The van der Waals surface area contributed by atoms with Gasteiger partial charge in [-0.3, -0.25) is 14.9 Å². The standard InChI is InChI=1S/C12H12N4O3/c1-13-11-5-4-9(7-14-11)8-15-6-2-3-10(12(15)17)16(18)19/h2-7H,8H2,1H3,(H,13,14). The van der Waals surface area contributed by atoms with E-state index in [0.29, 0.717) is 0 Å². The molecule has 0 aliphatic carbocycles. The normalized spacial score (nSPS) is 10.2. The summed E-state index contributed by atoms with van der Waals surface area (Å²) >= 11 is 0. The highest BCUT2D eigenvalue weighted by Crippen LogP contribution is 2.07. The van der Waals surface area contributed by atoms with Crippen LogP contribution in [-0.2, 0) is 6.54 Å². The van der Waals surface area contributed by atoms with Crippen LogP contribution in [0.5, 0.6) is 0 Å². The lowest BCUT2D eigenvalue weighted by atomic mass is 10.2. The molecule has 0 fully saturated rings. The summed E-state index contributed by atoms with van der Waals surface area (Å²) in [7, 11) is 1.76. The SMILES string of the molecule is CNc1ccc(Cn2cccc([N+](=O)[O-])c2=O)cn1. The minimum Gasteiger partial charge on any atom is -0.373 e. The molecule has 0 unspecified atom stereocenters. The van der Waals surface area contributed by atoms with E-state index in [4.69, 9.17) is 0 Å². The van der Waals surface area contributed by atoms with Gasteiger partial charge in [0.2, 0.25) is 0 Å². The van der Waals surface area contributed by atoms with Crippen molar-refractivity contribution in [2.24, 2.45) is 0 Å². The second-order valence-corrected chi connectivity index (χ2v) is 3.89. The van der Waals surface area contributed by atoms with E-state index < -0.39 is 16.2 Å². The van der Waals surface area contributed by atoms with E-state index in [0.717, 1.165) is 11.4 Å². The third-order valence-corrected chi connectivity index (χ3v) is 2.63. The predicted molar refractivity (Wildman–Crippen MR) is 70.2 cm³/mol. The van der Waals surface area contributed by atoms with Crippen LogP contribution in [0.15, 0.2) is 41.5 Å². The molecule has 2 heterocycles. The molecule has 0 aliphatic heterocycles. The molecule has 0 saturated carbocycles. The van der Waals surface area contributed by atoms with Gasteiger partial charge in [0.15, 0.2) is 0 Å². The number of nitrogens with one attached hydrogen (secondary N) is 1. The van der Waals surface area contributed by atoms with Gasteiger partial charge in [0.05, 0.1) is 11.5 Å². The van der Waals surface area contributed by atoms with Gasteiger partial charge < -0.3 is 9.88 Å². The van der Waals surface area contributed by atoms with Crippen LogP contribution in [0.1, 0.15) is 5.56 Å². The molecule has 0 spiro atoms. The Bertz CT molecular complexity index is 649. The fourth-order valence-corrected chi connectivity index (χ4v) is 1.65. The van der Waals surface area contributed by atoms with Crippen molar-refractivity contribution in [1.29, 1.82) is 0 Å². The maximum absolute atomic E-state index is 11.8. The zero-order valence-corrected chi connectivity index (χ0v) is 10.2. The minimum atomic E-state index is -0.679. The van der Waals surface area contributed by atoms with Gasteiger partial charge in [-0.05, 0) is 17.7 Å². The Labute approximate surface area is 108 Å². The lowest BCUT2D eigenvalue weighted by molar-refractivity contribution is -0.386. The second kappa shape index (κ2) is 5.30. The van der Waals surface area contributed by atoms with E-state index >= 15 is 0 Å². The molecular weight excluding hydrogens is 248 g/mol. The molecule has 7 nitrogen and oxygen atoms in total. The lowest BCUT2D eigenvalue weighted by Gasteiger charge is -2.06. The summed E-state index contributed by atoms with van der Waals surface area (Å²) < 4.78 is 1.29. The summed E-state index contributed by atoms with van der Waals surface area (Å²) in [6.45, 7) is 0.248. The molecule has 0 saturated heterocycles. The third-order valence-electron chi connectivity index (χ3n) is 2.63. The average Bonchev–Trinajstić information content (AvgIpc) is 2.41. The summed E-state index contributed by atoms with van der Waals surface area (Å²) in [6, 6.07) is 6.26. The van der Waals surface area contributed by atoms with Crippen LogP contribution < -0.4 is 10.9 Å². The minimum absolute atomic E-state index is 0.248. The van der Waals surface area contributed by atoms with Crippen molar-refractivity contribution in [3.63, 3.8) is 0 Å². The molecule has 0 bridgehead atoms. The summed E-state index contributed by atoms with van der Waals surface area (Å²) in [4.78, 5) is 25.9. The van der Waals surface area contributed by atoms with Crippen molar-refractivity contribution >= 4 is 11.5 Å². The predicted octanol–water partition coefficient (Wildman–Crippen LogP) is 1.24. The van der Waals surface area contributed by atoms with Gasteiger partial charge in [-0.2, -0.15) is 0 Å². The van der Waals surface area contributed by atoms with Crippen molar-refractivity contribution in [1.82, 2.24) is 9.55 Å². The number of nitrogens with zero attached hydrogens (tertiary/aromatic N) is 3. The molecule has 2 rings (SSSR count). The van der Waals surface area contributed by atoms with Gasteiger partial charge in [0.1, 0.15) is 5.82 Å². The van der Waals surface area contributed by atoms with Crippen LogP contribution >= 0.6 is 0 Å². The molecule has 2 aromatic heterocycles. The van der Waals surface area contributed by atoms with Gasteiger partial charge in [-0.1, -0.05) is 6.07 Å². The molecule has 0 aromatic carbocycles. The Morgan fingerprint density at radius 1 is 1.42 bits per heavy atom. The molecule has 98 valence electrons. The fourth-order valence-electron chi connectivity index (χ4n) is 1.65. The first-order valence-corrected chi connectivity index (χ1v) is 5.58. The fraction of sp³-hybridized carbons (Fsp3) is 0.167. The van der Waals surface area contributed by atoms with Crippen LogP contribution in [0.4, 0.5) is 11.5 Å². The van der Waals surface area contributed by atoms with Crippen LogP contribution in [-0.4, -0.2) is 21.5 Å². The van der Waals surface area contributed by atoms with E-state index in [2.05, 4.69) is 10.3 Å². The Morgan fingerprint density at radius 2 is 2.21 bits per heavy atom. The highest BCUT2D eigenvalue weighted by molar-refractivity contribution is 5.34. The first-order chi connectivity index (χ1) is 9.11. The summed E-state index contributed by atoms with van der Waals surface area (Å²) in [6.07, 6.45) is 3.14. The summed E-state index contributed by atoms with van der Waals surface area (Å²) in [5.74, 6) is 0.718. The number of hydrogen-bond acceptors (Lipinski definition) is 5. The number of rotatable bonds is 4. The average molecular weight is 260 g/mol. The monoisotopic (exact) mass is 260 g/mol. The Kier molecular flexibility index (Phi) is 3.56. The molecule has 0 atom stereocenters. The molecule has 7 heteroatoms. The number of nitro groups is 1. The van der Waals surface area contributed by atoms with Crippen molar-refractivity contribution in [2.75, 3.05) is 12.4 Å². The molecular formula is C12H12N4O3. The zero-order valence-electron chi connectivity index (χ0n) is 10.2. The Morgan fingerprint density at radius 3 is 2.79 bits per heavy atom. The molecule has 2 aromatic rings. The summed E-state index contributed by atoms with van der Waals surface area (Å²) in [5.41, 5.74) is -0.255. The van der Waals surface area contributed by atoms with Gasteiger partial charge in [0, 0.05) is 25.5 Å². The third kappa shape index (κ3) is 2.76. The van der Waals surface area contributed by atoms with Gasteiger partial charge in [-0.15, -0.1) is 0 Å². The topological polar surface area (TPSA) is 90.1 Å². The summed E-state index contributed by atoms with van der Waals surface area (Å²) in [5, 5.41) is 13.6. The van der Waals surface area contributed by atoms with Crippen molar-refractivity contribution in [3.05, 3.63) is 62.7 Å². The smallest absolute Gasteiger partial charge is 0.334 e. The number of aromatic nitrogens is 2. The van der Waals surface area contributed by atoms with E-state index in [9.17, 15) is 14.9 Å². The lowest BCUT2D eigenvalue weighted by Crippen LogP contribution is -2.22. The van der Waals surface area contributed by atoms with Crippen LogP contribution in [0.25, 0.3) is 0 Å². The van der Waals surface area contributed by atoms with Crippen LogP contribution in [0.2, 0.25) is 0 Å². The molecule has 0 aliphatic rings. The highest BCUT2D eigenvalue weighted by Gasteiger charge is 2.13. The maximum atomic E-state index is 11.8. The van der Waals surface area contributed by atoms with E-state index in [1.165, 1.54) is 22.9 Å². The van der Waals surface area contributed by atoms with Gasteiger partial charge >= 0.3 is 11.2 Å². The number of pyridine rings is 2. The van der Waals surface area contributed by atoms with Crippen molar-refractivity contribution in [3.8, 4) is 0 Å². The molecule has 0 radical (unpaired) electrons. The first-order valence-electron chi connectivity index (χ1n) is 5.58. The second-order valence-electron chi connectivity index (χ2n) is 3.89. The van der Waals surface area contributed by atoms with Gasteiger partial charge in [0.25, 0.3) is 0 Å². The van der Waals surface area contributed by atoms with Crippen molar-refractivity contribution in [2.45, 2.75) is 6.54 Å². The van der Waals surface area contributed by atoms with Crippen molar-refractivity contribution < 1.29 is 4.92 Å². The maximum Gasteiger partial charge on any atom is 0.334 e. The Hall–Kier alpha value is -2.70. The zero-order chi connectivity index (χ0) is 13.8. The largest absolute Gasteiger partial charge is 0.373 e. The Balaban J connectivity index is 2.30. The molecule has 0 amide bonds.